The van der Waals surface area contributed by atoms with Gasteiger partial charge in [-0.05, 0) is 67.5 Å². The van der Waals surface area contributed by atoms with Crippen LogP contribution in [0.5, 0.6) is 0 Å². The van der Waals surface area contributed by atoms with Crippen LogP contribution in [0.25, 0.3) is 0 Å². The van der Waals surface area contributed by atoms with Crippen LogP contribution in [-0.4, -0.2) is 47.5 Å². The summed E-state index contributed by atoms with van der Waals surface area (Å²) in [6.45, 7) is 5.62. The third kappa shape index (κ3) is 7.15. The smallest absolute Gasteiger partial charge is 0.322 e. The number of benzene rings is 2. The first-order valence-electron chi connectivity index (χ1n) is 12.2. The zero-order valence-electron chi connectivity index (χ0n) is 20.7. The van der Waals surface area contributed by atoms with Crippen molar-refractivity contribution in [3.8, 4) is 0 Å². The van der Waals surface area contributed by atoms with E-state index in [9.17, 15) is 14.0 Å². The van der Waals surface area contributed by atoms with Gasteiger partial charge in [-0.3, -0.25) is 4.79 Å². The summed E-state index contributed by atoms with van der Waals surface area (Å²) < 4.78 is 19.2. The number of carbonyl (C=O) groups is 2. The van der Waals surface area contributed by atoms with Crippen molar-refractivity contribution in [2.75, 3.05) is 25.0 Å². The third-order valence-corrected chi connectivity index (χ3v) is 7.11. The molecule has 0 aliphatic carbocycles. The summed E-state index contributed by atoms with van der Waals surface area (Å²) in [5.74, 6) is -0.498. The number of ether oxygens (including phenoxy) is 1. The van der Waals surface area contributed by atoms with Crippen molar-refractivity contribution >= 4 is 29.0 Å². The molecule has 0 spiro atoms. The third-order valence-electron chi connectivity index (χ3n) is 6.25. The molecule has 36 heavy (non-hydrogen) atoms. The highest BCUT2D eigenvalue weighted by Gasteiger charge is 2.27. The number of thiophene rings is 1. The summed E-state index contributed by atoms with van der Waals surface area (Å²) in [6.07, 6.45) is 1.71. The lowest BCUT2D eigenvalue weighted by atomic mass is 10.1. The predicted octanol–water partition coefficient (Wildman–Crippen LogP) is 5.75. The number of nitrogens with zero attached hydrogens (tertiary/aromatic N) is 2. The van der Waals surface area contributed by atoms with Crippen LogP contribution >= 0.6 is 11.3 Å². The maximum absolute atomic E-state index is 13.6. The second-order valence-electron chi connectivity index (χ2n) is 9.22. The molecule has 0 bridgehead atoms. The number of amides is 3. The number of halogens is 1. The Hall–Kier alpha value is -3.23. The van der Waals surface area contributed by atoms with Crippen LogP contribution in [0, 0.1) is 19.7 Å². The monoisotopic (exact) mass is 509 g/mol. The highest BCUT2D eigenvalue weighted by molar-refractivity contribution is 7.09. The predicted molar refractivity (Wildman–Crippen MR) is 140 cm³/mol. The van der Waals surface area contributed by atoms with Gasteiger partial charge in [0.15, 0.2) is 0 Å². The molecule has 2 heterocycles. The van der Waals surface area contributed by atoms with E-state index < -0.39 is 0 Å². The molecule has 6 nitrogen and oxygen atoms in total. The van der Waals surface area contributed by atoms with Gasteiger partial charge in [-0.15, -0.1) is 11.3 Å². The first kappa shape index (κ1) is 25.9. The number of urea groups is 1. The minimum absolute atomic E-state index is 0.0802. The van der Waals surface area contributed by atoms with Crippen LogP contribution in [0.3, 0.4) is 0 Å². The van der Waals surface area contributed by atoms with Gasteiger partial charge in [0.05, 0.1) is 12.6 Å². The van der Waals surface area contributed by atoms with Gasteiger partial charge in [0.2, 0.25) is 5.91 Å². The van der Waals surface area contributed by atoms with Gasteiger partial charge in [0.25, 0.3) is 0 Å². The summed E-state index contributed by atoms with van der Waals surface area (Å²) in [5.41, 5.74) is 3.62. The normalized spacial score (nSPS) is 15.0. The van der Waals surface area contributed by atoms with Gasteiger partial charge < -0.3 is 19.9 Å². The standard InChI is InChI=1S/C28H32FN3O3S/c1-20-7-12-26(21(2)15-20)30-28(34)32(17-24-5-3-13-35-24)19-27(33)31(18-25-6-4-14-36-25)16-22-8-10-23(29)11-9-22/h4,6-12,14-15,24H,3,5,13,16-19H2,1-2H3,(H,30,34). The number of hydrogen-bond donors (Lipinski definition) is 1. The molecule has 1 saturated heterocycles. The summed E-state index contributed by atoms with van der Waals surface area (Å²) in [4.78, 5) is 31.2. The maximum atomic E-state index is 13.6. The molecule has 1 aliphatic heterocycles. The van der Waals surface area contributed by atoms with Gasteiger partial charge in [-0.1, -0.05) is 35.9 Å². The fraction of sp³-hybridized carbons (Fsp3) is 0.357. The molecule has 3 amide bonds. The van der Waals surface area contributed by atoms with Gasteiger partial charge in [-0.25, -0.2) is 9.18 Å². The molecular formula is C28H32FN3O3S. The average molecular weight is 510 g/mol. The van der Waals surface area contributed by atoms with Crippen LogP contribution in [0.1, 0.15) is 34.4 Å². The number of nitrogens with one attached hydrogen (secondary N) is 1. The Bertz CT molecular complexity index is 1160. The Morgan fingerprint density at radius 2 is 1.89 bits per heavy atom. The molecule has 4 rings (SSSR count). The van der Waals surface area contributed by atoms with E-state index in [1.165, 1.54) is 12.1 Å². The molecule has 190 valence electrons. The lowest BCUT2D eigenvalue weighted by molar-refractivity contribution is -0.133. The van der Waals surface area contributed by atoms with Crippen LogP contribution < -0.4 is 5.32 Å². The molecule has 1 N–H and O–H groups in total. The Kier molecular flexibility index (Phi) is 8.72. The van der Waals surface area contributed by atoms with E-state index in [2.05, 4.69) is 5.32 Å². The fourth-order valence-corrected chi connectivity index (χ4v) is 5.02. The minimum atomic E-state index is -0.330. The van der Waals surface area contributed by atoms with E-state index >= 15 is 0 Å². The minimum Gasteiger partial charge on any atom is -0.376 e. The quantitative estimate of drug-likeness (QED) is 0.400. The van der Waals surface area contributed by atoms with Crippen molar-refractivity contribution in [3.05, 3.63) is 87.4 Å². The number of aryl methyl sites for hydroxylation is 2. The summed E-state index contributed by atoms with van der Waals surface area (Å²) in [7, 11) is 0. The number of hydrogen-bond acceptors (Lipinski definition) is 4. The average Bonchev–Trinajstić information content (AvgIpc) is 3.56. The van der Waals surface area contributed by atoms with Crippen molar-refractivity contribution in [3.63, 3.8) is 0 Å². The summed E-state index contributed by atoms with van der Waals surface area (Å²) >= 11 is 1.57. The van der Waals surface area contributed by atoms with E-state index in [0.29, 0.717) is 26.2 Å². The molecular weight excluding hydrogens is 477 g/mol. The Balaban J connectivity index is 1.52. The van der Waals surface area contributed by atoms with Gasteiger partial charge in [0.1, 0.15) is 12.4 Å². The van der Waals surface area contributed by atoms with E-state index in [4.69, 9.17) is 4.74 Å². The highest BCUT2D eigenvalue weighted by atomic mass is 32.1. The zero-order valence-corrected chi connectivity index (χ0v) is 21.5. The largest absolute Gasteiger partial charge is 0.376 e. The van der Waals surface area contributed by atoms with E-state index in [1.54, 1.807) is 33.3 Å². The highest BCUT2D eigenvalue weighted by Crippen LogP contribution is 2.20. The second-order valence-corrected chi connectivity index (χ2v) is 10.3. The van der Waals surface area contributed by atoms with Crippen LogP contribution in [0.2, 0.25) is 0 Å². The van der Waals surface area contributed by atoms with E-state index in [1.807, 2.05) is 49.6 Å². The fourth-order valence-electron chi connectivity index (χ4n) is 4.30. The number of carbonyl (C=O) groups excluding carboxylic acids is 2. The molecule has 1 fully saturated rings. The Morgan fingerprint density at radius 3 is 2.56 bits per heavy atom. The lowest BCUT2D eigenvalue weighted by Crippen LogP contribution is -2.46. The second kappa shape index (κ2) is 12.1. The van der Waals surface area contributed by atoms with Crippen molar-refractivity contribution in [1.82, 2.24) is 9.80 Å². The molecule has 8 heteroatoms. The Labute approximate surface area is 215 Å². The molecule has 1 atom stereocenters. The van der Waals surface area contributed by atoms with E-state index in [0.717, 1.165) is 40.1 Å². The van der Waals surface area contributed by atoms with Crippen LogP contribution in [0.4, 0.5) is 14.9 Å². The first-order valence-corrected chi connectivity index (χ1v) is 13.0. The van der Waals surface area contributed by atoms with Crippen molar-refractivity contribution < 1.29 is 18.7 Å². The number of anilines is 1. The zero-order chi connectivity index (χ0) is 25.5. The van der Waals surface area contributed by atoms with Crippen LogP contribution in [-0.2, 0) is 22.6 Å². The molecule has 1 aliphatic rings. The molecule has 1 unspecified atom stereocenters. The molecule has 2 aromatic carbocycles. The van der Waals surface area contributed by atoms with Crippen molar-refractivity contribution in [1.29, 1.82) is 0 Å². The van der Waals surface area contributed by atoms with Gasteiger partial charge in [0, 0.05) is 30.3 Å². The summed E-state index contributed by atoms with van der Waals surface area (Å²) in [6, 6.07) is 15.6. The molecule has 1 aromatic heterocycles. The molecule has 3 aromatic rings. The van der Waals surface area contributed by atoms with Gasteiger partial charge >= 0.3 is 6.03 Å². The van der Waals surface area contributed by atoms with Crippen molar-refractivity contribution in [2.45, 2.75) is 45.9 Å². The number of rotatable bonds is 9. The maximum Gasteiger partial charge on any atom is 0.322 e. The Morgan fingerprint density at radius 1 is 1.08 bits per heavy atom. The SMILES string of the molecule is Cc1ccc(NC(=O)N(CC(=O)N(Cc2ccc(F)cc2)Cc2cccs2)CC2CCCO2)c(C)c1. The van der Waals surface area contributed by atoms with Crippen molar-refractivity contribution in [2.24, 2.45) is 0 Å². The molecule has 0 radical (unpaired) electrons. The molecule has 0 saturated carbocycles. The lowest BCUT2D eigenvalue weighted by Gasteiger charge is -2.29. The summed E-state index contributed by atoms with van der Waals surface area (Å²) in [5, 5.41) is 4.95. The van der Waals surface area contributed by atoms with Gasteiger partial charge in [-0.2, -0.15) is 0 Å². The first-order chi connectivity index (χ1) is 17.4. The van der Waals surface area contributed by atoms with Crippen LogP contribution in [0.15, 0.2) is 60.0 Å². The topological polar surface area (TPSA) is 61.9 Å². The van der Waals surface area contributed by atoms with E-state index in [-0.39, 0.29) is 30.4 Å².